The predicted octanol–water partition coefficient (Wildman–Crippen LogP) is 1.20. The van der Waals surface area contributed by atoms with Crippen molar-refractivity contribution in [3.05, 3.63) is 52.5 Å². The first-order valence-electron chi connectivity index (χ1n) is 11.4. The standard InChI is InChI=1S/C25H25ClN4O6/c1-35-17-6-3-12(9-18(17)36-2)7-8-30-22(32)20-16(11-19(27)31)29-25(21(20)23(30)33)14-10-13(26)4-5-15(14)28-24(25)34/h3-6,9-10,16,20-21,29H,7-8,11H2,1-2H3,(H2,27,31)(H,28,34)/t16-,20-,21+,25+/m1/s1. The van der Waals surface area contributed by atoms with Gasteiger partial charge in [-0.3, -0.25) is 29.4 Å². The highest BCUT2D eigenvalue weighted by molar-refractivity contribution is 6.31. The zero-order chi connectivity index (χ0) is 25.8. The number of imide groups is 1. The van der Waals surface area contributed by atoms with Gasteiger partial charge >= 0.3 is 0 Å². The average molecular weight is 513 g/mol. The lowest BCUT2D eigenvalue weighted by molar-refractivity contribution is -0.142. The van der Waals surface area contributed by atoms with Crippen LogP contribution in [0, 0.1) is 11.8 Å². The first-order chi connectivity index (χ1) is 17.2. The molecule has 2 aromatic carbocycles. The Kier molecular flexibility index (Phi) is 5.88. The van der Waals surface area contributed by atoms with Crippen LogP contribution in [0.25, 0.3) is 0 Å². The molecule has 0 saturated carbocycles. The van der Waals surface area contributed by atoms with Crippen LogP contribution in [0.3, 0.4) is 0 Å². The van der Waals surface area contributed by atoms with Gasteiger partial charge in [-0.2, -0.15) is 0 Å². The number of carbonyl (C=O) groups is 4. The summed E-state index contributed by atoms with van der Waals surface area (Å²) in [6.45, 7) is 0.101. The van der Waals surface area contributed by atoms with Crippen LogP contribution in [0.2, 0.25) is 5.02 Å². The molecule has 188 valence electrons. The molecule has 0 unspecified atom stereocenters. The number of nitrogens with one attached hydrogen (secondary N) is 2. The van der Waals surface area contributed by atoms with Crippen LogP contribution in [0.1, 0.15) is 17.5 Å². The van der Waals surface area contributed by atoms with Gasteiger partial charge in [0.1, 0.15) is 5.54 Å². The van der Waals surface area contributed by atoms with Gasteiger partial charge in [0, 0.05) is 35.3 Å². The number of carbonyl (C=O) groups excluding carboxylic acids is 4. The van der Waals surface area contributed by atoms with Crippen LogP contribution < -0.4 is 25.8 Å². The summed E-state index contributed by atoms with van der Waals surface area (Å²) >= 11 is 6.23. The fourth-order valence-electron chi connectivity index (χ4n) is 5.72. The second kappa shape index (κ2) is 8.79. The molecule has 10 nitrogen and oxygen atoms in total. The molecule has 3 aliphatic rings. The molecule has 4 atom stereocenters. The molecule has 0 aromatic heterocycles. The monoisotopic (exact) mass is 512 g/mol. The summed E-state index contributed by atoms with van der Waals surface area (Å²) in [5.74, 6) is -2.90. The third-order valence-electron chi connectivity index (χ3n) is 7.26. The van der Waals surface area contributed by atoms with Crippen molar-refractivity contribution < 1.29 is 28.7 Å². The van der Waals surface area contributed by atoms with Crippen molar-refractivity contribution in [1.29, 1.82) is 0 Å². The van der Waals surface area contributed by atoms with Gasteiger partial charge in [0.15, 0.2) is 11.5 Å². The summed E-state index contributed by atoms with van der Waals surface area (Å²) in [4.78, 5) is 53.7. The van der Waals surface area contributed by atoms with Crippen LogP contribution in [-0.4, -0.2) is 55.3 Å². The Morgan fingerprint density at radius 2 is 1.83 bits per heavy atom. The molecule has 1 spiro atoms. The number of anilines is 1. The largest absolute Gasteiger partial charge is 0.493 e. The van der Waals surface area contributed by atoms with Gasteiger partial charge in [-0.15, -0.1) is 0 Å². The van der Waals surface area contributed by atoms with Crippen LogP contribution in [0.15, 0.2) is 36.4 Å². The van der Waals surface area contributed by atoms with Crippen molar-refractivity contribution >= 4 is 40.9 Å². The Morgan fingerprint density at radius 3 is 2.53 bits per heavy atom. The number of halogens is 1. The number of hydrogen-bond acceptors (Lipinski definition) is 7. The van der Waals surface area contributed by atoms with Crippen molar-refractivity contribution in [2.24, 2.45) is 17.6 Å². The van der Waals surface area contributed by atoms with Gasteiger partial charge in [0.05, 0.1) is 26.1 Å². The molecule has 36 heavy (non-hydrogen) atoms. The van der Waals surface area contributed by atoms with E-state index in [0.717, 1.165) is 5.56 Å². The molecule has 4 amide bonds. The number of hydrogen-bond donors (Lipinski definition) is 3. The highest BCUT2D eigenvalue weighted by Crippen LogP contribution is 2.53. The van der Waals surface area contributed by atoms with E-state index in [1.807, 2.05) is 6.07 Å². The molecular formula is C25H25ClN4O6. The van der Waals surface area contributed by atoms with E-state index in [0.29, 0.717) is 34.2 Å². The lowest BCUT2D eigenvalue weighted by Crippen LogP contribution is -2.53. The van der Waals surface area contributed by atoms with Crippen molar-refractivity contribution in [2.45, 2.75) is 24.4 Å². The molecule has 2 fully saturated rings. The summed E-state index contributed by atoms with van der Waals surface area (Å²) in [6.07, 6.45) is 0.168. The third kappa shape index (κ3) is 3.51. The van der Waals surface area contributed by atoms with Crippen LogP contribution in [-0.2, 0) is 31.1 Å². The van der Waals surface area contributed by atoms with Crippen molar-refractivity contribution in [3.8, 4) is 11.5 Å². The fourth-order valence-corrected chi connectivity index (χ4v) is 5.89. The van der Waals surface area contributed by atoms with E-state index in [1.54, 1.807) is 30.3 Å². The van der Waals surface area contributed by atoms with Gasteiger partial charge < -0.3 is 20.5 Å². The maximum absolute atomic E-state index is 13.8. The first kappa shape index (κ1) is 24.1. The van der Waals surface area contributed by atoms with Gasteiger partial charge in [0.2, 0.25) is 23.6 Å². The minimum atomic E-state index is -1.53. The Bertz CT molecular complexity index is 1300. The minimum Gasteiger partial charge on any atom is -0.493 e. The number of benzene rings is 2. The number of fused-ring (bicyclic) bond motifs is 4. The molecule has 0 radical (unpaired) electrons. The van der Waals surface area contributed by atoms with E-state index in [2.05, 4.69) is 10.6 Å². The maximum atomic E-state index is 13.8. The molecule has 11 heteroatoms. The van der Waals surface area contributed by atoms with Crippen molar-refractivity contribution in [2.75, 3.05) is 26.1 Å². The van der Waals surface area contributed by atoms with Gasteiger partial charge in [-0.25, -0.2) is 0 Å². The van der Waals surface area contributed by atoms with E-state index >= 15 is 0 Å². The van der Waals surface area contributed by atoms with Crippen molar-refractivity contribution in [3.63, 3.8) is 0 Å². The molecule has 2 aromatic rings. The molecule has 5 rings (SSSR count). The third-order valence-corrected chi connectivity index (χ3v) is 7.50. The Balaban J connectivity index is 1.49. The topological polar surface area (TPSA) is 140 Å². The lowest BCUT2D eigenvalue weighted by atomic mass is 9.76. The summed E-state index contributed by atoms with van der Waals surface area (Å²) in [5, 5.41) is 6.32. The lowest BCUT2D eigenvalue weighted by Gasteiger charge is -2.29. The zero-order valence-electron chi connectivity index (χ0n) is 19.7. The van der Waals surface area contributed by atoms with E-state index < -0.39 is 47.0 Å². The normalized spacial score (nSPS) is 26.2. The number of amides is 4. The molecule has 3 heterocycles. The highest BCUT2D eigenvalue weighted by Gasteiger charge is 2.70. The number of ether oxygens (including phenoxy) is 2. The molecular weight excluding hydrogens is 488 g/mol. The van der Waals surface area contributed by atoms with Gasteiger partial charge in [-0.05, 0) is 42.3 Å². The Labute approximate surface area is 212 Å². The number of likely N-dealkylation sites (tertiary alicyclic amines) is 1. The maximum Gasteiger partial charge on any atom is 0.250 e. The number of nitrogens with zero attached hydrogens (tertiary/aromatic N) is 1. The first-order valence-corrected chi connectivity index (χ1v) is 11.8. The summed E-state index contributed by atoms with van der Waals surface area (Å²) in [7, 11) is 3.06. The fraction of sp³-hybridized carbons (Fsp3) is 0.360. The van der Waals surface area contributed by atoms with Crippen LogP contribution >= 0.6 is 11.6 Å². The second-order valence-electron chi connectivity index (χ2n) is 9.14. The second-order valence-corrected chi connectivity index (χ2v) is 9.58. The SMILES string of the molecule is COc1ccc(CCN2C(=O)[C@H]3[C@@H](C2=O)[C@]2(N[C@@H]3CC(N)=O)C(=O)Nc3ccc(Cl)cc32)cc1OC. The summed E-state index contributed by atoms with van der Waals surface area (Å²) in [6, 6.07) is 9.46. The van der Waals surface area contributed by atoms with Gasteiger partial charge in [-0.1, -0.05) is 17.7 Å². The van der Waals surface area contributed by atoms with Crippen molar-refractivity contribution in [1.82, 2.24) is 10.2 Å². The Hall–Kier alpha value is -3.63. The van der Waals surface area contributed by atoms with E-state index in [1.165, 1.54) is 19.1 Å². The molecule has 0 aliphatic carbocycles. The van der Waals surface area contributed by atoms with E-state index in [4.69, 9.17) is 26.8 Å². The van der Waals surface area contributed by atoms with Gasteiger partial charge in [0.25, 0.3) is 0 Å². The van der Waals surface area contributed by atoms with E-state index in [9.17, 15) is 19.2 Å². The van der Waals surface area contributed by atoms with Crippen LogP contribution in [0.5, 0.6) is 11.5 Å². The minimum absolute atomic E-state index is 0.101. The zero-order valence-corrected chi connectivity index (χ0v) is 20.4. The predicted molar refractivity (Wildman–Crippen MR) is 129 cm³/mol. The molecule has 0 bridgehead atoms. The summed E-state index contributed by atoms with van der Waals surface area (Å²) in [5.41, 5.74) is 5.74. The molecule has 3 aliphatic heterocycles. The number of nitrogens with two attached hydrogens (primary N) is 1. The summed E-state index contributed by atoms with van der Waals surface area (Å²) < 4.78 is 10.6. The Morgan fingerprint density at radius 1 is 1.08 bits per heavy atom. The number of methoxy groups -OCH3 is 2. The number of rotatable bonds is 7. The molecule has 4 N–H and O–H groups in total. The van der Waals surface area contributed by atoms with Crippen LogP contribution in [0.4, 0.5) is 5.69 Å². The smallest absolute Gasteiger partial charge is 0.250 e. The molecule has 2 saturated heterocycles. The average Bonchev–Trinajstić information content (AvgIpc) is 3.41. The quantitative estimate of drug-likeness (QED) is 0.473. The number of primary amides is 1. The highest BCUT2D eigenvalue weighted by atomic mass is 35.5. The van der Waals surface area contributed by atoms with E-state index in [-0.39, 0.29) is 13.0 Å².